The smallest absolute Gasteiger partial charge is 0.248 e. The molecule has 0 radical (unpaired) electrons. The molecule has 0 saturated carbocycles. The van der Waals surface area contributed by atoms with Gasteiger partial charge in [0.2, 0.25) is 5.91 Å². The van der Waals surface area contributed by atoms with Crippen molar-refractivity contribution in [3.8, 4) is 5.82 Å². The minimum absolute atomic E-state index is 0.348. The van der Waals surface area contributed by atoms with Gasteiger partial charge in [0.05, 0.1) is 0 Å². The lowest BCUT2D eigenvalue weighted by Gasteiger charge is -2.09. The Kier molecular flexibility index (Phi) is 5.79. The van der Waals surface area contributed by atoms with Crippen molar-refractivity contribution in [1.82, 2.24) is 19.7 Å². The zero-order valence-corrected chi connectivity index (χ0v) is 16.7. The van der Waals surface area contributed by atoms with Gasteiger partial charge in [-0.3, -0.25) is 4.79 Å². The quantitative estimate of drug-likeness (QED) is 0.454. The van der Waals surface area contributed by atoms with Gasteiger partial charge in [0.25, 0.3) is 0 Å². The molecule has 0 aliphatic heterocycles. The molecule has 2 aromatic heterocycles. The van der Waals surface area contributed by atoms with Crippen LogP contribution >= 0.6 is 0 Å². The van der Waals surface area contributed by atoms with Gasteiger partial charge in [-0.2, -0.15) is 5.10 Å². The summed E-state index contributed by atoms with van der Waals surface area (Å²) in [7, 11) is 0. The Balaban J connectivity index is 1.41. The van der Waals surface area contributed by atoms with Crippen molar-refractivity contribution in [2.75, 3.05) is 10.6 Å². The van der Waals surface area contributed by atoms with Gasteiger partial charge in [-0.05, 0) is 49.4 Å². The number of carbonyl (C=O) groups is 1. The lowest BCUT2D eigenvalue weighted by molar-refractivity contribution is -0.111. The van der Waals surface area contributed by atoms with Crippen molar-refractivity contribution in [3.63, 3.8) is 0 Å². The molecule has 31 heavy (non-hydrogen) atoms. The van der Waals surface area contributed by atoms with Gasteiger partial charge < -0.3 is 10.6 Å². The molecule has 0 atom stereocenters. The molecule has 0 saturated heterocycles. The van der Waals surface area contributed by atoms with Gasteiger partial charge >= 0.3 is 0 Å². The summed E-state index contributed by atoms with van der Waals surface area (Å²) >= 11 is 0. The third-order valence-corrected chi connectivity index (χ3v) is 4.31. The average molecular weight is 414 g/mol. The predicted molar refractivity (Wildman–Crippen MR) is 118 cm³/mol. The Labute approximate surface area is 178 Å². The summed E-state index contributed by atoms with van der Waals surface area (Å²) in [5.41, 5.74) is 1.76. The fraction of sp³-hybridized carbons (Fsp3) is 0.0435. The van der Waals surface area contributed by atoms with Gasteiger partial charge in [0, 0.05) is 41.5 Å². The molecule has 4 aromatic rings. The van der Waals surface area contributed by atoms with E-state index in [-0.39, 0.29) is 11.7 Å². The van der Waals surface area contributed by atoms with E-state index in [9.17, 15) is 9.18 Å². The van der Waals surface area contributed by atoms with Crippen molar-refractivity contribution in [2.24, 2.45) is 0 Å². The van der Waals surface area contributed by atoms with Gasteiger partial charge in [0.1, 0.15) is 17.5 Å². The SMILES string of the molecule is Cc1nc(Nc2ccc(NC(=O)/C=C/c3ccccc3F)cc2)cc(-n2cccn2)n1. The number of nitrogens with zero attached hydrogens (tertiary/aromatic N) is 4. The van der Waals surface area contributed by atoms with E-state index in [0.717, 1.165) is 5.69 Å². The predicted octanol–water partition coefficient (Wildman–Crippen LogP) is 4.51. The van der Waals surface area contributed by atoms with Crippen LogP contribution in [0.4, 0.5) is 21.6 Å². The molecule has 2 heterocycles. The highest BCUT2D eigenvalue weighted by atomic mass is 19.1. The van der Waals surface area contributed by atoms with Gasteiger partial charge in [0.15, 0.2) is 5.82 Å². The number of halogens is 1. The van der Waals surface area contributed by atoms with Crippen LogP contribution in [0.2, 0.25) is 0 Å². The number of aryl methyl sites for hydroxylation is 1. The largest absolute Gasteiger partial charge is 0.340 e. The maximum atomic E-state index is 13.6. The minimum atomic E-state index is -0.377. The lowest BCUT2D eigenvalue weighted by Crippen LogP contribution is -2.08. The molecule has 8 heteroatoms. The van der Waals surface area contributed by atoms with E-state index in [1.54, 1.807) is 47.3 Å². The second-order valence-corrected chi connectivity index (χ2v) is 6.66. The maximum Gasteiger partial charge on any atom is 0.248 e. The van der Waals surface area contributed by atoms with Crippen LogP contribution in [0, 0.1) is 12.7 Å². The van der Waals surface area contributed by atoms with Crippen LogP contribution in [0.15, 0.2) is 79.1 Å². The summed E-state index contributed by atoms with van der Waals surface area (Å²) in [4.78, 5) is 20.9. The van der Waals surface area contributed by atoms with Crippen LogP contribution in [0.5, 0.6) is 0 Å². The van der Waals surface area contributed by atoms with Gasteiger partial charge in [-0.1, -0.05) is 18.2 Å². The topological polar surface area (TPSA) is 84.7 Å². The standard InChI is InChI=1S/C23H19FN6O/c1-16-26-21(15-22(27-16)30-14-4-13-25-30)28-18-8-10-19(11-9-18)29-23(31)12-7-17-5-2-3-6-20(17)24/h2-15H,1H3,(H,29,31)(H,26,27,28)/b12-7+. The Bertz CT molecular complexity index is 1220. The van der Waals surface area contributed by atoms with Crippen LogP contribution in [-0.2, 0) is 4.79 Å². The number of aromatic nitrogens is 4. The summed E-state index contributed by atoms with van der Waals surface area (Å²) in [6, 6.07) is 17.0. The summed E-state index contributed by atoms with van der Waals surface area (Å²) < 4.78 is 15.3. The number of hydrogen-bond acceptors (Lipinski definition) is 5. The second-order valence-electron chi connectivity index (χ2n) is 6.66. The van der Waals surface area contributed by atoms with E-state index in [0.29, 0.717) is 28.7 Å². The van der Waals surface area contributed by atoms with Gasteiger partial charge in [-0.25, -0.2) is 19.0 Å². The zero-order chi connectivity index (χ0) is 21.6. The number of carbonyl (C=O) groups excluding carboxylic acids is 1. The third-order valence-electron chi connectivity index (χ3n) is 4.31. The molecule has 0 bridgehead atoms. The summed E-state index contributed by atoms with van der Waals surface area (Å²) in [6.07, 6.45) is 6.23. The van der Waals surface area contributed by atoms with Crippen molar-refractivity contribution >= 4 is 29.2 Å². The minimum Gasteiger partial charge on any atom is -0.340 e. The number of rotatable bonds is 6. The molecule has 2 aromatic carbocycles. The zero-order valence-electron chi connectivity index (χ0n) is 16.7. The highest BCUT2D eigenvalue weighted by Crippen LogP contribution is 2.19. The van der Waals surface area contributed by atoms with E-state index < -0.39 is 0 Å². The number of nitrogens with one attached hydrogen (secondary N) is 2. The molecule has 0 spiro atoms. The first kappa shape index (κ1) is 20.0. The van der Waals surface area contributed by atoms with Gasteiger partial charge in [-0.15, -0.1) is 0 Å². The number of amides is 1. The molecular formula is C23H19FN6O. The second kappa shape index (κ2) is 9.00. The summed E-state index contributed by atoms with van der Waals surface area (Å²) in [5.74, 6) is 1.17. The molecule has 4 rings (SSSR count). The van der Waals surface area contributed by atoms with Crippen molar-refractivity contribution < 1.29 is 9.18 Å². The molecule has 7 nitrogen and oxygen atoms in total. The highest BCUT2D eigenvalue weighted by Gasteiger charge is 2.05. The average Bonchev–Trinajstić information content (AvgIpc) is 3.29. The van der Waals surface area contributed by atoms with Crippen LogP contribution in [0.1, 0.15) is 11.4 Å². The number of anilines is 3. The van der Waals surface area contributed by atoms with Crippen LogP contribution in [0.25, 0.3) is 11.9 Å². The third kappa shape index (κ3) is 5.18. The van der Waals surface area contributed by atoms with Crippen molar-refractivity contribution in [3.05, 3.63) is 96.3 Å². The Morgan fingerprint density at radius 2 is 1.81 bits per heavy atom. The maximum absolute atomic E-state index is 13.6. The fourth-order valence-corrected chi connectivity index (χ4v) is 2.88. The van der Waals surface area contributed by atoms with E-state index in [1.165, 1.54) is 18.2 Å². The van der Waals surface area contributed by atoms with E-state index in [1.807, 2.05) is 31.3 Å². The summed E-state index contributed by atoms with van der Waals surface area (Å²) in [6.45, 7) is 1.81. The molecule has 0 aliphatic rings. The molecule has 0 fully saturated rings. The molecule has 0 aliphatic carbocycles. The summed E-state index contributed by atoms with van der Waals surface area (Å²) in [5, 5.41) is 10.2. The van der Waals surface area contributed by atoms with E-state index in [2.05, 4.69) is 25.7 Å². The first-order chi connectivity index (χ1) is 15.1. The number of hydrogen-bond donors (Lipinski definition) is 2. The molecule has 1 amide bonds. The van der Waals surface area contributed by atoms with Crippen molar-refractivity contribution in [1.29, 1.82) is 0 Å². The lowest BCUT2D eigenvalue weighted by atomic mass is 10.2. The number of benzene rings is 2. The van der Waals surface area contributed by atoms with E-state index >= 15 is 0 Å². The monoisotopic (exact) mass is 414 g/mol. The first-order valence-electron chi connectivity index (χ1n) is 9.53. The van der Waals surface area contributed by atoms with Crippen LogP contribution < -0.4 is 10.6 Å². The first-order valence-corrected chi connectivity index (χ1v) is 9.53. The molecule has 0 unspecified atom stereocenters. The Hall–Kier alpha value is -4.33. The normalized spacial score (nSPS) is 10.9. The fourth-order valence-electron chi connectivity index (χ4n) is 2.88. The van der Waals surface area contributed by atoms with Crippen molar-refractivity contribution in [2.45, 2.75) is 6.92 Å². The molecule has 154 valence electrons. The molecule has 2 N–H and O–H groups in total. The Morgan fingerprint density at radius 3 is 2.55 bits per heavy atom. The Morgan fingerprint density at radius 1 is 1.03 bits per heavy atom. The highest BCUT2D eigenvalue weighted by molar-refractivity contribution is 6.02. The van der Waals surface area contributed by atoms with Crippen LogP contribution in [-0.4, -0.2) is 25.7 Å². The van der Waals surface area contributed by atoms with Crippen LogP contribution in [0.3, 0.4) is 0 Å². The van der Waals surface area contributed by atoms with E-state index in [4.69, 9.17) is 0 Å². The molecular weight excluding hydrogens is 395 g/mol.